The molecule has 0 aliphatic heterocycles. The van der Waals surface area contributed by atoms with Gasteiger partial charge in [0, 0.05) is 13.5 Å². The number of ether oxygens (including phenoxy) is 2. The summed E-state index contributed by atoms with van der Waals surface area (Å²) in [6, 6.07) is 9.90. The van der Waals surface area contributed by atoms with Crippen molar-refractivity contribution in [2.24, 2.45) is 0 Å². The molecule has 0 aliphatic rings. The fraction of sp³-hybridized carbons (Fsp3) is 0.364. The number of hydrogen-bond donors (Lipinski definition) is 0. The summed E-state index contributed by atoms with van der Waals surface area (Å²) in [5, 5.41) is 0. The highest BCUT2D eigenvalue weighted by atomic mass is 16.6. The van der Waals surface area contributed by atoms with E-state index in [1.54, 1.807) is 0 Å². The van der Waals surface area contributed by atoms with Crippen molar-refractivity contribution in [3.8, 4) is 0 Å². The fourth-order valence-electron chi connectivity index (χ4n) is 1.09. The molecule has 76 valence electrons. The second-order valence-corrected chi connectivity index (χ2v) is 2.89. The molecule has 0 bridgehead atoms. The molecule has 3 nitrogen and oxygen atoms in total. The molecule has 0 amide bonds. The molecule has 1 aromatic carbocycles. The molecule has 3 heteroatoms. The van der Waals surface area contributed by atoms with E-state index in [0.717, 1.165) is 12.0 Å². The van der Waals surface area contributed by atoms with Crippen molar-refractivity contribution in [1.82, 2.24) is 0 Å². The molecule has 0 unspecified atom stereocenters. The molecule has 0 aromatic heterocycles. The number of methoxy groups -OCH3 is 1. The molecule has 0 spiro atoms. The third-order valence-corrected chi connectivity index (χ3v) is 1.76. The Morgan fingerprint density at radius 2 is 2.00 bits per heavy atom. The molecule has 0 saturated carbocycles. The van der Waals surface area contributed by atoms with Crippen LogP contribution in [0.2, 0.25) is 0 Å². The summed E-state index contributed by atoms with van der Waals surface area (Å²) in [6.07, 6.45) is 0.746. The van der Waals surface area contributed by atoms with Crippen LogP contribution in [0.25, 0.3) is 0 Å². The van der Waals surface area contributed by atoms with Crippen LogP contribution in [0.5, 0.6) is 0 Å². The van der Waals surface area contributed by atoms with Crippen molar-refractivity contribution in [1.29, 1.82) is 0 Å². The summed E-state index contributed by atoms with van der Waals surface area (Å²) in [5.41, 5.74) is 1.16. The van der Waals surface area contributed by atoms with Crippen molar-refractivity contribution >= 4 is 5.97 Å². The van der Waals surface area contributed by atoms with Crippen LogP contribution >= 0.6 is 0 Å². The zero-order valence-corrected chi connectivity index (χ0v) is 8.23. The smallest absolute Gasteiger partial charge is 0.332 e. The molecule has 14 heavy (non-hydrogen) atoms. The van der Waals surface area contributed by atoms with Crippen molar-refractivity contribution < 1.29 is 14.3 Å². The van der Waals surface area contributed by atoms with E-state index in [2.05, 4.69) is 4.74 Å². The Hall–Kier alpha value is -1.35. The van der Waals surface area contributed by atoms with Crippen LogP contribution in [0.1, 0.15) is 5.56 Å². The Bertz CT molecular complexity index is 269. The predicted molar refractivity (Wildman–Crippen MR) is 53.0 cm³/mol. The third kappa shape index (κ3) is 4.05. The van der Waals surface area contributed by atoms with Crippen LogP contribution in [-0.4, -0.2) is 26.3 Å². The minimum Gasteiger partial charge on any atom is -0.464 e. The Morgan fingerprint density at radius 3 is 2.64 bits per heavy atom. The first-order valence-corrected chi connectivity index (χ1v) is 4.51. The predicted octanol–water partition coefficient (Wildman–Crippen LogP) is 1.42. The van der Waals surface area contributed by atoms with E-state index < -0.39 is 0 Å². The summed E-state index contributed by atoms with van der Waals surface area (Å²) in [6.45, 7) is 0.432. The SMILES string of the molecule is COCC(=O)OCCc1ccccc1. The number of hydrogen-bond acceptors (Lipinski definition) is 3. The highest BCUT2D eigenvalue weighted by Gasteiger charge is 2.00. The standard InChI is InChI=1S/C11H14O3/c1-13-9-11(12)14-8-7-10-5-3-2-4-6-10/h2-6H,7-9H2,1H3. The van der Waals surface area contributed by atoms with Gasteiger partial charge in [0.15, 0.2) is 0 Å². The lowest BCUT2D eigenvalue weighted by molar-refractivity contribution is -0.147. The van der Waals surface area contributed by atoms with Crippen molar-refractivity contribution in [2.75, 3.05) is 20.3 Å². The highest BCUT2D eigenvalue weighted by Crippen LogP contribution is 1.99. The highest BCUT2D eigenvalue weighted by molar-refractivity contribution is 5.70. The van der Waals surface area contributed by atoms with E-state index in [-0.39, 0.29) is 12.6 Å². The van der Waals surface area contributed by atoms with Crippen LogP contribution in [-0.2, 0) is 20.7 Å². The van der Waals surface area contributed by atoms with E-state index >= 15 is 0 Å². The van der Waals surface area contributed by atoms with Crippen LogP contribution in [0.3, 0.4) is 0 Å². The molecule has 0 radical (unpaired) electrons. The summed E-state index contributed by atoms with van der Waals surface area (Å²) in [4.78, 5) is 10.9. The molecule has 0 aliphatic carbocycles. The van der Waals surface area contributed by atoms with Gasteiger partial charge in [0.2, 0.25) is 0 Å². The van der Waals surface area contributed by atoms with Gasteiger partial charge in [0.1, 0.15) is 6.61 Å². The van der Waals surface area contributed by atoms with Gasteiger partial charge < -0.3 is 9.47 Å². The second-order valence-electron chi connectivity index (χ2n) is 2.89. The van der Waals surface area contributed by atoms with Crippen molar-refractivity contribution in [2.45, 2.75) is 6.42 Å². The van der Waals surface area contributed by atoms with Gasteiger partial charge in [-0.15, -0.1) is 0 Å². The third-order valence-electron chi connectivity index (χ3n) is 1.76. The lowest BCUT2D eigenvalue weighted by Crippen LogP contribution is -2.12. The average Bonchev–Trinajstić information content (AvgIpc) is 2.20. The first-order valence-electron chi connectivity index (χ1n) is 4.51. The quantitative estimate of drug-likeness (QED) is 0.665. The minimum atomic E-state index is -0.316. The number of carbonyl (C=O) groups is 1. The fourth-order valence-corrected chi connectivity index (χ4v) is 1.09. The second kappa shape index (κ2) is 6.16. The number of carbonyl (C=O) groups excluding carboxylic acids is 1. The number of esters is 1. The van der Waals surface area contributed by atoms with Gasteiger partial charge in [0.25, 0.3) is 0 Å². The maximum atomic E-state index is 10.9. The molecule has 0 fully saturated rings. The molecule has 1 aromatic rings. The van der Waals surface area contributed by atoms with E-state index in [4.69, 9.17) is 4.74 Å². The van der Waals surface area contributed by atoms with Gasteiger partial charge in [-0.3, -0.25) is 0 Å². The molecule has 0 atom stereocenters. The minimum absolute atomic E-state index is 0.0226. The molecule has 0 N–H and O–H groups in total. The number of rotatable bonds is 5. The van der Waals surface area contributed by atoms with Crippen molar-refractivity contribution in [3.63, 3.8) is 0 Å². The Labute approximate surface area is 83.6 Å². The summed E-state index contributed by atoms with van der Waals surface area (Å²) in [7, 11) is 1.47. The van der Waals surface area contributed by atoms with E-state index in [1.165, 1.54) is 7.11 Å². The van der Waals surface area contributed by atoms with Gasteiger partial charge in [-0.2, -0.15) is 0 Å². The Kier molecular flexibility index (Phi) is 4.72. The summed E-state index contributed by atoms with van der Waals surface area (Å²) in [5.74, 6) is -0.316. The van der Waals surface area contributed by atoms with Crippen molar-refractivity contribution in [3.05, 3.63) is 35.9 Å². The largest absolute Gasteiger partial charge is 0.464 e. The lowest BCUT2D eigenvalue weighted by atomic mass is 10.2. The van der Waals surface area contributed by atoms with Gasteiger partial charge in [-0.25, -0.2) is 4.79 Å². The molecule has 0 heterocycles. The molecular weight excluding hydrogens is 180 g/mol. The normalized spacial score (nSPS) is 9.79. The van der Waals surface area contributed by atoms with Crippen LogP contribution in [0.15, 0.2) is 30.3 Å². The van der Waals surface area contributed by atoms with Gasteiger partial charge >= 0.3 is 5.97 Å². The van der Waals surface area contributed by atoms with E-state index in [1.807, 2.05) is 30.3 Å². The molecule has 1 rings (SSSR count). The first-order chi connectivity index (χ1) is 6.83. The van der Waals surface area contributed by atoms with Crippen LogP contribution < -0.4 is 0 Å². The van der Waals surface area contributed by atoms with Gasteiger partial charge in [-0.1, -0.05) is 30.3 Å². The van der Waals surface area contributed by atoms with Crippen LogP contribution in [0, 0.1) is 0 Å². The maximum absolute atomic E-state index is 10.9. The van der Waals surface area contributed by atoms with Crippen LogP contribution in [0.4, 0.5) is 0 Å². The Morgan fingerprint density at radius 1 is 1.29 bits per heavy atom. The zero-order valence-electron chi connectivity index (χ0n) is 8.23. The summed E-state index contributed by atoms with van der Waals surface area (Å²) < 4.78 is 9.55. The van der Waals surface area contributed by atoms with E-state index in [9.17, 15) is 4.79 Å². The maximum Gasteiger partial charge on any atom is 0.332 e. The monoisotopic (exact) mass is 194 g/mol. The number of benzene rings is 1. The average molecular weight is 194 g/mol. The van der Waals surface area contributed by atoms with Gasteiger partial charge in [-0.05, 0) is 5.56 Å². The molecular formula is C11H14O3. The zero-order chi connectivity index (χ0) is 10.2. The molecule has 0 saturated heterocycles. The Balaban J connectivity index is 2.19. The summed E-state index contributed by atoms with van der Waals surface area (Å²) >= 11 is 0. The van der Waals surface area contributed by atoms with Gasteiger partial charge in [0.05, 0.1) is 6.61 Å². The first kappa shape index (κ1) is 10.7. The van der Waals surface area contributed by atoms with E-state index in [0.29, 0.717) is 6.61 Å². The topological polar surface area (TPSA) is 35.5 Å². The lowest BCUT2D eigenvalue weighted by Gasteiger charge is -2.03.